The fourth-order valence-corrected chi connectivity index (χ4v) is 6.39. The van der Waals surface area contributed by atoms with E-state index in [9.17, 15) is 8.42 Å². The summed E-state index contributed by atoms with van der Waals surface area (Å²) in [6, 6.07) is 6.03. The molecule has 0 saturated carbocycles. The minimum atomic E-state index is -2.96. The number of rotatable bonds is 2. The summed E-state index contributed by atoms with van der Waals surface area (Å²) in [5.41, 5.74) is 2.25. The summed E-state index contributed by atoms with van der Waals surface area (Å²) in [5.74, 6) is 1.27. The van der Waals surface area contributed by atoms with E-state index in [0.717, 1.165) is 43.6 Å². The molecule has 2 heterocycles. The van der Waals surface area contributed by atoms with Crippen LogP contribution in [-0.4, -0.2) is 26.0 Å². The summed E-state index contributed by atoms with van der Waals surface area (Å²) in [4.78, 5) is -0.108. The largest absolute Gasteiger partial charge is 0.493 e. The van der Waals surface area contributed by atoms with Crippen LogP contribution in [0.4, 0.5) is 0 Å². The molecule has 19 heavy (non-hydrogen) atoms. The van der Waals surface area contributed by atoms with Gasteiger partial charge in [-0.1, -0.05) is 34.5 Å². The minimum Gasteiger partial charge on any atom is -0.493 e. The predicted octanol–water partition coefficient (Wildman–Crippen LogP) is 3.02. The molecule has 0 aliphatic carbocycles. The van der Waals surface area contributed by atoms with Crippen LogP contribution in [0.3, 0.4) is 0 Å². The van der Waals surface area contributed by atoms with Crippen molar-refractivity contribution < 1.29 is 13.2 Å². The van der Waals surface area contributed by atoms with Crippen LogP contribution >= 0.6 is 15.9 Å². The van der Waals surface area contributed by atoms with Gasteiger partial charge in [-0.2, -0.15) is 0 Å². The quantitative estimate of drug-likeness (QED) is 0.774. The van der Waals surface area contributed by atoms with Crippen LogP contribution in [0.5, 0.6) is 5.75 Å². The van der Waals surface area contributed by atoms with Gasteiger partial charge in [-0.15, -0.1) is 0 Å². The SMILES string of the molecule is O=S1(=O)CCCCC1C(Br)c1ccc2c(c1)CCO2. The molecule has 0 N–H and O–H groups in total. The number of hydrogen-bond donors (Lipinski definition) is 0. The monoisotopic (exact) mass is 344 g/mol. The number of fused-ring (bicyclic) bond motifs is 1. The third kappa shape index (κ3) is 2.55. The third-order valence-corrected chi connectivity index (χ3v) is 7.79. The zero-order valence-electron chi connectivity index (χ0n) is 10.6. The maximum absolute atomic E-state index is 12.2. The molecule has 104 valence electrons. The van der Waals surface area contributed by atoms with Gasteiger partial charge in [-0.3, -0.25) is 0 Å². The highest BCUT2D eigenvalue weighted by Gasteiger charge is 2.35. The zero-order chi connectivity index (χ0) is 13.5. The van der Waals surface area contributed by atoms with Crippen molar-refractivity contribution in [3.05, 3.63) is 29.3 Å². The second kappa shape index (κ2) is 5.09. The van der Waals surface area contributed by atoms with Crippen molar-refractivity contribution in [2.45, 2.75) is 35.8 Å². The van der Waals surface area contributed by atoms with E-state index in [4.69, 9.17) is 4.74 Å². The molecule has 3 rings (SSSR count). The highest BCUT2D eigenvalue weighted by atomic mass is 79.9. The molecule has 0 spiro atoms. The Bertz CT molecular complexity index is 582. The van der Waals surface area contributed by atoms with E-state index in [-0.39, 0.29) is 10.1 Å². The van der Waals surface area contributed by atoms with Gasteiger partial charge in [0.2, 0.25) is 0 Å². The molecule has 0 amide bonds. The van der Waals surface area contributed by atoms with E-state index in [2.05, 4.69) is 22.0 Å². The summed E-state index contributed by atoms with van der Waals surface area (Å²) in [7, 11) is -2.96. The number of alkyl halides is 1. The summed E-state index contributed by atoms with van der Waals surface area (Å²) < 4.78 is 29.8. The summed E-state index contributed by atoms with van der Waals surface area (Å²) in [6.45, 7) is 0.730. The number of hydrogen-bond acceptors (Lipinski definition) is 3. The zero-order valence-corrected chi connectivity index (χ0v) is 13.0. The van der Waals surface area contributed by atoms with Gasteiger partial charge in [-0.25, -0.2) is 8.42 Å². The van der Waals surface area contributed by atoms with Crippen LogP contribution in [0.25, 0.3) is 0 Å². The standard InChI is InChI=1S/C14H17BrO3S/c15-14(13-3-1-2-8-19(13,16)17)11-4-5-12-10(9-11)6-7-18-12/h4-5,9,13-14H,1-3,6-8H2. The highest BCUT2D eigenvalue weighted by molar-refractivity contribution is 9.09. The summed E-state index contributed by atoms with van der Waals surface area (Å²) in [5, 5.41) is -0.290. The minimum absolute atomic E-state index is 0.108. The van der Waals surface area contributed by atoms with Gasteiger partial charge in [0.15, 0.2) is 9.84 Å². The average Bonchev–Trinajstić information content (AvgIpc) is 2.84. The molecule has 2 aliphatic rings. The average molecular weight is 345 g/mol. The van der Waals surface area contributed by atoms with E-state index < -0.39 is 9.84 Å². The first kappa shape index (κ1) is 13.4. The Balaban J connectivity index is 1.89. The summed E-state index contributed by atoms with van der Waals surface area (Å²) in [6.07, 6.45) is 3.47. The normalized spacial score (nSPS) is 26.5. The molecule has 1 aromatic carbocycles. The Morgan fingerprint density at radius 3 is 2.95 bits per heavy atom. The fourth-order valence-electron chi connectivity index (χ4n) is 2.90. The van der Waals surface area contributed by atoms with Crippen LogP contribution in [0.15, 0.2) is 18.2 Å². The first-order chi connectivity index (χ1) is 9.08. The van der Waals surface area contributed by atoms with Gasteiger partial charge in [0, 0.05) is 6.42 Å². The van der Waals surface area contributed by atoms with Crippen LogP contribution in [0, 0.1) is 0 Å². The molecule has 0 bridgehead atoms. The second-order valence-electron chi connectivity index (χ2n) is 5.27. The molecule has 2 aliphatic heterocycles. The molecular formula is C14H17BrO3S. The van der Waals surface area contributed by atoms with Crippen LogP contribution < -0.4 is 4.74 Å². The Morgan fingerprint density at radius 2 is 2.16 bits per heavy atom. The van der Waals surface area contributed by atoms with E-state index in [1.807, 2.05) is 12.1 Å². The van der Waals surface area contributed by atoms with E-state index >= 15 is 0 Å². The fraction of sp³-hybridized carbons (Fsp3) is 0.571. The number of benzene rings is 1. The first-order valence-electron chi connectivity index (χ1n) is 6.69. The Labute approximate surface area is 122 Å². The maximum Gasteiger partial charge on any atom is 0.154 e. The Kier molecular flexibility index (Phi) is 3.60. The number of halogens is 1. The molecule has 3 nitrogen and oxygen atoms in total. The molecular weight excluding hydrogens is 328 g/mol. The second-order valence-corrected chi connectivity index (χ2v) is 8.59. The van der Waals surface area contributed by atoms with Crippen molar-refractivity contribution in [2.75, 3.05) is 12.4 Å². The van der Waals surface area contributed by atoms with E-state index in [1.54, 1.807) is 0 Å². The van der Waals surface area contributed by atoms with Crippen LogP contribution in [0.1, 0.15) is 35.2 Å². The molecule has 2 unspecified atom stereocenters. The van der Waals surface area contributed by atoms with Gasteiger partial charge < -0.3 is 4.74 Å². The lowest BCUT2D eigenvalue weighted by Gasteiger charge is -2.27. The smallest absolute Gasteiger partial charge is 0.154 e. The van der Waals surface area contributed by atoms with Gasteiger partial charge in [-0.05, 0) is 30.0 Å². The molecule has 1 fully saturated rings. The molecule has 1 saturated heterocycles. The lowest BCUT2D eigenvalue weighted by atomic mass is 10.0. The number of sulfone groups is 1. The molecule has 0 radical (unpaired) electrons. The van der Waals surface area contributed by atoms with Crippen molar-refractivity contribution in [3.63, 3.8) is 0 Å². The third-order valence-electron chi connectivity index (χ3n) is 3.99. The van der Waals surface area contributed by atoms with Gasteiger partial charge in [0.25, 0.3) is 0 Å². The molecule has 2 atom stereocenters. The van der Waals surface area contributed by atoms with E-state index in [1.165, 1.54) is 5.56 Å². The molecule has 5 heteroatoms. The van der Waals surface area contributed by atoms with Crippen molar-refractivity contribution >= 4 is 25.8 Å². The molecule has 1 aromatic rings. The topological polar surface area (TPSA) is 43.4 Å². The van der Waals surface area contributed by atoms with Crippen molar-refractivity contribution in [1.29, 1.82) is 0 Å². The van der Waals surface area contributed by atoms with Crippen LogP contribution in [0.2, 0.25) is 0 Å². The van der Waals surface area contributed by atoms with Crippen LogP contribution in [-0.2, 0) is 16.3 Å². The van der Waals surface area contributed by atoms with E-state index in [0.29, 0.717) is 5.75 Å². The maximum atomic E-state index is 12.2. The predicted molar refractivity (Wildman–Crippen MR) is 78.7 cm³/mol. The van der Waals surface area contributed by atoms with Crippen molar-refractivity contribution in [1.82, 2.24) is 0 Å². The van der Waals surface area contributed by atoms with Gasteiger partial charge >= 0.3 is 0 Å². The highest BCUT2D eigenvalue weighted by Crippen LogP contribution is 2.38. The van der Waals surface area contributed by atoms with Crippen molar-refractivity contribution in [3.8, 4) is 5.75 Å². The molecule has 0 aromatic heterocycles. The lowest BCUT2D eigenvalue weighted by Crippen LogP contribution is -2.31. The van der Waals surface area contributed by atoms with Gasteiger partial charge in [0.1, 0.15) is 5.75 Å². The lowest BCUT2D eigenvalue weighted by molar-refractivity contribution is 0.357. The Morgan fingerprint density at radius 1 is 1.32 bits per heavy atom. The van der Waals surface area contributed by atoms with Gasteiger partial charge in [0.05, 0.1) is 22.4 Å². The Hall–Kier alpha value is -0.550. The summed E-state index contributed by atoms with van der Waals surface area (Å²) >= 11 is 3.61. The number of ether oxygens (including phenoxy) is 1. The van der Waals surface area contributed by atoms with Crippen molar-refractivity contribution in [2.24, 2.45) is 0 Å². The first-order valence-corrected chi connectivity index (χ1v) is 9.32.